The Morgan fingerprint density at radius 3 is 2.45 bits per heavy atom. The van der Waals surface area contributed by atoms with E-state index in [-0.39, 0.29) is 10.5 Å². The Morgan fingerprint density at radius 2 is 1.87 bits per heavy atom. The summed E-state index contributed by atoms with van der Waals surface area (Å²) < 4.78 is 13.5. The van der Waals surface area contributed by atoms with Crippen LogP contribution in [0, 0.1) is 45.8 Å². The molecule has 4 fully saturated rings. The van der Waals surface area contributed by atoms with Crippen molar-refractivity contribution in [2.75, 3.05) is 7.11 Å². The smallest absolute Gasteiger partial charge is 0.250 e. The molecular formula is C28H46O2Si. The lowest BCUT2D eigenvalue weighted by Crippen LogP contribution is -2.57. The van der Waals surface area contributed by atoms with Crippen molar-refractivity contribution in [2.24, 2.45) is 45.8 Å². The molecule has 174 valence electrons. The minimum Gasteiger partial charge on any atom is -0.546 e. The number of allylic oxidation sites excluding steroid dienone is 3. The van der Waals surface area contributed by atoms with E-state index < -0.39 is 8.32 Å². The predicted molar refractivity (Wildman–Crippen MR) is 131 cm³/mol. The van der Waals surface area contributed by atoms with Gasteiger partial charge in [0, 0.05) is 24.4 Å². The molecule has 2 nitrogen and oxygen atoms in total. The molecule has 5 aliphatic carbocycles. The first-order valence-electron chi connectivity index (χ1n) is 12.9. The number of ether oxygens (including phenoxy) is 1. The van der Waals surface area contributed by atoms with Gasteiger partial charge in [-0.3, -0.25) is 0 Å². The van der Waals surface area contributed by atoms with Crippen LogP contribution >= 0.6 is 0 Å². The third kappa shape index (κ3) is 2.65. The van der Waals surface area contributed by atoms with Crippen molar-refractivity contribution in [3.05, 3.63) is 24.5 Å². The summed E-state index contributed by atoms with van der Waals surface area (Å²) in [6.07, 6.45) is 13.3. The lowest BCUT2D eigenvalue weighted by Gasteiger charge is -2.61. The van der Waals surface area contributed by atoms with Crippen molar-refractivity contribution in [3.8, 4) is 0 Å². The highest BCUT2D eigenvalue weighted by atomic mass is 28.4. The van der Waals surface area contributed by atoms with E-state index >= 15 is 0 Å². The Labute approximate surface area is 192 Å². The average Bonchev–Trinajstić information content (AvgIpc) is 3.24. The van der Waals surface area contributed by atoms with Gasteiger partial charge in [0.1, 0.15) is 0 Å². The molecular weight excluding hydrogens is 396 g/mol. The van der Waals surface area contributed by atoms with Gasteiger partial charge in [0.2, 0.25) is 8.32 Å². The summed E-state index contributed by atoms with van der Waals surface area (Å²) in [7, 11) is 0.0971. The van der Waals surface area contributed by atoms with E-state index in [9.17, 15) is 0 Å². The normalized spacial score (nSPS) is 50.6. The summed E-state index contributed by atoms with van der Waals surface area (Å²) in [5.74, 6) is 4.71. The Bertz CT molecular complexity index is 808. The quantitative estimate of drug-likeness (QED) is 0.330. The highest BCUT2D eigenvalue weighted by Crippen LogP contribution is 2.82. The van der Waals surface area contributed by atoms with E-state index in [1.54, 1.807) is 0 Å². The number of fused-ring (bicyclic) bond motifs is 4. The molecule has 0 bridgehead atoms. The van der Waals surface area contributed by atoms with E-state index in [1.807, 2.05) is 7.11 Å². The molecule has 1 spiro atoms. The van der Waals surface area contributed by atoms with Crippen LogP contribution < -0.4 is 0 Å². The molecule has 0 aromatic carbocycles. The van der Waals surface area contributed by atoms with E-state index in [0.29, 0.717) is 34.7 Å². The van der Waals surface area contributed by atoms with Crippen molar-refractivity contribution < 1.29 is 9.16 Å². The highest BCUT2D eigenvalue weighted by molar-refractivity contribution is 6.74. The Balaban J connectivity index is 1.55. The number of hydrogen-bond acceptors (Lipinski definition) is 2. The summed E-state index contributed by atoms with van der Waals surface area (Å²) in [6.45, 7) is 21.4. The van der Waals surface area contributed by atoms with Crippen molar-refractivity contribution in [1.82, 2.24) is 0 Å². The summed E-state index contributed by atoms with van der Waals surface area (Å²) in [5.41, 5.74) is 1.19. The van der Waals surface area contributed by atoms with Crippen molar-refractivity contribution in [2.45, 2.75) is 97.4 Å². The SMILES string of the molecule is C=C[C@@H]1C=C(O[Si](C)(C)C(C)(C)C)[C@H]2[C@@H]3C[C@@H](OC)[C@]45C[C@H]4CC[C@]5(C)[C@H]3CC[C@]12C. The fourth-order valence-electron chi connectivity index (χ4n) is 9.08. The van der Waals surface area contributed by atoms with Gasteiger partial charge in [-0.05, 0) is 91.3 Å². The van der Waals surface area contributed by atoms with Gasteiger partial charge in [0.15, 0.2) is 0 Å². The molecule has 0 heterocycles. The van der Waals surface area contributed by atoms with Crippen LogP contribution in [0.5, 0.6) is 0 Å². The van der Waals surface area contributed by atoms with Gasteiger partial charge in [0.05, 0.1) is 11.9 Å². The third-order valence-corrected chi connectivity index (χ3v) is 16.2. The monoisotopic (exact) mass is 442 g/mol. The van der Waals surface area contributed by atoms with Gasteiger partial charge in [-0.25, -0.2) is 0 Å². The summed E-state index contributed by atoms with van der Waals surface area (Å²) in [4.78, 5) is 0. The maximum Gasteiger partial charge on any atom is 0.250 e. The van der Waals surface area contributed by atoms with Crippen LogP contribution in [-0.2, 0) is 9.16 Å². The number of hydrogen-bond donors (Lipinski definition) is 0. The maximum atomic E-state index is 7.14. The lowest BCUT2D eigenvalue weighted by atomic mass is 9.45. The van der Waals surface area contributed by atoms with Crippen LogP contribution in [0.25, 0.3) is 0 Å². The molecule has 0 aliphatic heterocycles. The van der Waals surface area contributed by atoms with Gasteiger partial charge >= 0.3 is 0 Å². The van der Waals surface area contributed by atoms with Gasteiger partial charge in [-0.2, -0.15) is 0 Å². The average molecular weight is 443 g/mol. The van der Waals surface area contributed by atoms with Gasteiger partial charge in [-0.1, -0.05) is 40.7 Å². The Kier molecular flexibility index (Phi) is 4.69. The zero-order valence-corrected chi connectivity index (χ0v) is 22.4. The van der Waals surface area contributed by atoms with Crippen molar-refractivity contribution in [3.63, 3.8) is 0 Å². The molecule has 4 saturated carbocycles. The van der Waals surface area contributed by atoms with E-state index in [0.717, 1.165) is 11.8 Å². The van der Waals surface area contributed by atoms with Crippen LogP contribution in [0.2, 0.25) is 18.1 Å². The van der Waals surface area contributed by atoms with Gasteiger partial charge in [-0.15, -0.1) is 6.58 Å². The summed E-state index contributed by atoms with van der Waals surface area (Å²) in [6, 6.07) is 0. The van der Waals surface area contributed by atoms with Crippen LogP contribution in [0.15, 0.2) is 24.5 Å². The highest BCUT2D eigenvalue weighted by Gasteiger charge is 2.77. The number of rotatable bonds is 4. The molecule has 0 unspecified atom stereocenters. The molecule has 5 rings (SSSR count). The second-order valence-electron chi connectivity index (χ2n) is 13.8. The molecule has 0 aromatic rings. The molecule has 31 heavy (non-hydrogen) atoms. The fraction of sp³-hybridized carbons (Fsp3) is 0.857. The maximum absolute atomic E-state index is 7.14. The minimum absolute atomic E-state index is 0.217. The minimum atomic E-state index is -1.89. The molecule has 0 amide bonds. The third-order valence-electron chi connectivity index (χ3n) is 11.9. The summed E-state index contributed by atoms with van der Waals surface area (Å²) >= 11 is 0. The second-order valence-corrected chi connectivity index (χ2v) is 18.6. The van der Waals surface area contributed by atoms with Gasteiger partial charge in [0.25, 0.3) is 0 Å². The van der Waals surface area contributed by atoms with E-state index in [2.05, 4.69) is 66.4 Å². The molecule has 9 atom stereocenters. The van der Waals surface area contributed by atoms with Crippen molar-refractivity contribution in [1.29, 1.82) is 0 Å². The summed E-state index contributed by atoms with van der Waals surface area (Å²) in [5, 5.41) is 0.217. The fourth-order valence-corrected chi connectivity index (χ4v) is 10.2. The van der Waals surface area contributed by atoms with Gasteiger partial charge < -0.3 is 9.16 Å². The largest absolute Gasteiger partial charge is 0.546 e. The first-order chi connectivity index (χ1) is 14.4. The Hall–Kier alpha value is -0.543. The van der Waals surface area contributed by atoms with E-state index in [4.69, 9.17) is 9.16 Å². The van der Waals surface area contributed by atoms with Crippen LogP contribution in [0.3, 0.4) is 0 Å². The standard InChI is InChI=1S/C28H46O2Si/c1-10-18-15-22(30-31(8,9)25(2,3)4)24-20-16-23(29-7)28-17-19(28)11-14-27(28,6)21(20)12-13-26(18,24)5/h10,15,18-21,23-24H,1,11-14,16-17H2,2-9H3/t18-,19-,20-,21+,23-,24-,26-,27-,28+/m1/s1. The Morgan fingerprint density at radius 1 is 1.16 bits per heavy atom. The molecule has 0 aromatic heterocycles. The zero-order chi connectivity index (χ0) is 22.6. The zero-order valence-electron chi connectivity index (χ0n) is 21.4. The molecule has 0 saturated heterocycles. The van der Waals surface area contributed by atoms with Crippen LogP contribution in [-0.4, -0.2) is 21.5 Å². The molecule has 5 aliphatic rings. The van der Waals surface area contributed by atoms with Crippen molar-refractivity contribution >= 4 is 8.32 Å². The van der Waals surface area contributed by atoms with Crippen LogP contribution in [0.1, 0.15) is 73.1 Å². The topological polar surface area (TPSA) is 18.5 Å². The first-order valence-corrected chi connectivity index (χ1v) is 15.8. The van der Waals surface area contributed by atoms with Crippen LogP contribution in [0.4, 0.5) is 0 Å². The second kappa shape index (κ2) is 6.53. The molecule has 3 heteroatoms. The number of methoxy groups -OCH3 is 1. The van der Waals surface area contributed by atoms with E-state index in [1.165, 1.54) is 44.3 Å². The lowest BCUT2D eigenvalue weighted by molar-refractivity contribution is -0.157. The molecule has 0 radical (unpaired) electrons. The molecule has 0 N–H and O–H groups in total. The predicted octanol–water partition coefficient (Wildman–Crippen LogP) is 7.58. The first kappa shape index (κ1) is 22.3.